The fraction of sp³-hybridized carbons (Fsp3) is 0.538. The van der Waals surface area contributed by atoms with Gasteiger partial charge in [-0.15, -0.1) is 0 Å². The molecule has 1 aliphatic heterocycles. The second-order valence-corrected chi connectivity index (χ2v) is 6.03. The lowest BCUT2D eigenvalue weighted by molar-refractivity contribution is -0.121. The lowest BCUT2D eigenvalue weighted by Gasteiger charge is -2.21. The van der Waals surface area contributed by atoms with Crippen LogP contribution in [0.25, 0.3) is 0 Å². The lowest BCUT2D eigenvalue weighted by Crippen LogP contribution is -2.34. The van der Waals surface area contributed by atoms with E-state index in [0.29, 0.717) is 11.8 Å². The number of carboxylic acid groups (broad SMARTS) is 1. The SMILES string of the molecule is O=C(Cn1cccc1C(=O)O)NCC1CCCCS1. The maximum absolute atomic E-state index is 11.8. The first-order valence-electron chi connectivity index (χ1n) is 6.43. The first kappa shape index (κ1) is 14.0. The minimum absolute atomic E-state index is 0.0615. The number of carbonyl (C=O) groups is 2. The summed E-state index contributed by atoms with van der Waals surface area (Å²) in [5.41, 5.74) is 0.141. The smallest absolute Gasteiger partial charge is 0.352 e. The van der Waals surface area contributed by atoms with Crippen LogP contribution < -0.4 is 5.32 Å². The highest BCUT2D eigenvalue weighted by Gasteiger charge is 2.16. The molecule has 104 valence electrons. The molecule has 1 saturated heterocycles. The number of amides is 1. The molecular weight excluding hydrogens is 264 g/mol. The Morgan fingerprint density at radius 2 is 2.32 bits per heavy atom. The number of carboxylic acids is 1. The monoisotopic (exact) mass is 282 g/mol. The highest BCUT2D eigenvalue weighted by atomic mass is 32.2. The first-order chi connectivity index (χ1) is 9.16. The Morgan fingerprint density at radius 3 is 3.00 bits per heavy atom. The molecule has 1 amide bonds. The van der Waals surface area contributed by atoms with Gasteiger partial charge in [0.15, 0.2) is 0 Å². The number of thioether (sulfide) groups is 1. The molecular formula is C13H18N2O3S. The molecule has 1 atom stereocenters. The molecule has 0 saturated carbocycles. The molecule has 0 aromatic carbocycles. The second kappa shape index (κ2) is 6.65. The summed E-state index contributed by atoms with van der Waals surface area (Å²) in [6.45, 7) is 0.735. The van der Waals surface area contributed by atoms with E-state index in [1.165, 1.54) is 29.2 Å². The van der Waals surface area contributed by atoms with Gasteiger partial charge in [0.25, 0.3) is 0 Å². The van der Waals surface area contributed by atoms with Gasteiger partial charge in [-0.05, 0) is 30.7 Å². The molecule has 1 fully saturated rings. The van der Waals surface area contributed by atoms with E-state index in [-0.39, 0.29) is 18.1 Å². The maximum atomic E-state index is 11.8. The molecule has 1 aromatic heterocycles. The van der Waals surface area contributed by atoms with Crippen LogP contribution in [0.1, 0.15) is 29.8 Å². The minimum Gasteiger partial charge on any atom is -0.477 e. The number of aromatic nitrogens is 1. The number of hydrogen-bond acceptors (Lipinski definition) is 3. The van der Waals surface area contributed by atoms with Crippen molar-refractivity contribution in [3.05, 3.63) is 24.0 Å². The van der Waals surface area contributed by atoms with Crippen molar-refractivity contribution in [3.8, 4) is 0 Å². The third-order valence-electron chi connectivity index (χ3n) is 3.16. The molecule has 2 rings (SSSR count). The van der Waals surface area contributed by atoms with Crippen LogP contribution in [0.4, 0.5) is 0 Å². The van der Waals surface area contributed by atoms with E-state index in [2.05, 4.69) is 5.32 Å². The molecule has 19 heavy (non-hydrogen) atoms. The fourth-order valence-electron chi connectivity index (χ4n) is 2.15. The highest BCUT2D eigenvalue weighted by Crippen LogP contribution is 2.24. The molecule has 0 radical (unpaired) electrons. The Bertz CT molecular complexity index is 452. The predicted molar refractivity (Wildman–Crippen MR) is 74.5 cm³/mol. The van der Waals surface area contributed by atoms with Crippen LogP contribution in [-0.2, 0) is 11.3 Å². The average molecular weight is 282 g/mol. The topological polar surface area (TPSA) is 71.3 Å². The van der Waals surface area contributed by atoms with Crippen molar-refractivity contribution in [2.24, 2.45) is 0 Å². The van der Waals surface area contributed by atoms with Crippen LogP contribution >= 0.6 is 11.8 Å². The van der Waals surface area contributed by atoms with Crippen LogP contribution in [0, 0.1) is 0 Å². The third-order valence-corrected chi connectivity index (χ3v) is 4.56. The van der Waals surface area contributed by atoms with Crippen molar-refractivity contribution in [2.75, 3.05) is 12.3 Å². The van der Waals surface area contributed by atoms with Crippen LogP contribution in [0.5, 0.6) is 0 Å². The summed E-state index contributed by atoms with van der Waals surface area (Å²) in [7, 11) is 0. The molecule has 0 bridgehead atoms. The standard InChI is InChI=1S/C13H18N2O3S/c16-12(14-8-10-4-1-2-7-19-10)9-15-6-3-5-11(15)13(17)18/h3,5-6,10H,1-2,4,7-9H2,(H,14,16)(H,17,18). The summed E-state index contributed by atoms with van der Waals surface area (Å²) in [4.78, 5) is 22.7. The number of nitrogens with one attached hydrogen (secondary N) is 1. The molecule has 2 heterocycles. The summed E-state index contributed by atoms with van der Waals surface area (Å²) in [6, 6.07) is 3.13. The second-order valence-electron chi connectivity index (χ2n) is 4.62. The summed E-state index contributed by atoms with van der Waals surface area (Å²) < 4.78 is 1.45. The van der Waals surface area contributed by atoms with Crippen LogP contribution in [0.15, 0.2) is 18.3 Å². The van der Waals surface area contributed by atoms with Gasteiger partial charge in [0, 0.05) is 18.0 Å². The summed E-state index contributed by atoms with van der Waals surface area (Å²) in [5, 5.41) is 12.3. The Labute approximate surface area is 116 Å². The molecule has 2 N–H and O–H groups in total. The van der Waals surface area contributed by atoms with E-state index in [1.807, 2.05) is 11.8 Å². The number of aromatic carboxylic acids is 1. The van der Waals surface area contributed by atoms with E-state index < -0.39 is 5.97 Å². The average Bonchev–Trinajstić information content (AvgIpc) is 2.86. The Kier molecular flexibility index (Phi) is 4.90. The largest absolute Gasteiger partial charge is 0.477 e. The minimum atomic E-state index is -1.01. The Hall–Kier alpha value is -1.43. The number of carbonyl (C=O) groups excluding carboxylic acids is 1. The van der Waals surface area contributed by atoms with Crippen molar-refractivity contribution in [2.45, 2.75) is 31.1 Å². The maximum Gasteiger partial charge on any atom is 0.352 e. The van der Waals surface area contributed by atoms with E-state index in [0.717, 1.165) is 6.42 Å². The van der Waals surface area contributed by atoms with Gasteiger partial charge < -0.3 is 15.0 Å². The molecule has 5 nitrogen and oxygen atoms in total. The van der Waals surface area contributed by atoms with E-state index in [4.69, 9.17) is 5.11 Å². The van der Waals surface area contributed by atoms with Crippen molar-refractivity contribution in [1.29, 1.82) is 0 Å². The Morgan fingerprint density at radius 1 is 1.47 bits per heavy atom. The molecule has 1 unspecified atom stereocenters. The van der Waals surface area contributed by atoms with E-state index in [9.17, 15) is 9.59 Å². The van der Waals surface area contributed by atoms with Gasteiger partial charge in [-0.2, -0.15) is 11.8 Å². The van der Waals surface area contributed by atoms with E-state index >= 15 is 0 Å². The molecule has 0 aliphatic carbocycles. The van der Waals surface area contributed by atoms with Crippen molar-refractivity contribution >= 4 is 23.6 Å². The van der Waals surface area contributed by atoms with Gasteiger partial charge in [0.1, 0.15) is 12.2 Å². The van der Waals surface area contributed by atoms with Crippen LogP contribution in [0.3, 0.4) is 0 Å². The lowest BCUT2D eigenvalue weighted by atomic mass is 10.2. The van der Waals surface area contributed by atoms with Crippen molar-refractivity contribution in [3.63, 3.8) is 0 Å². The normalized spacial score (nSPS) is 19.1. The third kappa shape index (κ3) is 4.02. The van der Waals surface area contributed by atoms with E-state index in [1.54, 1.807) is 12.3 Å². The summed E-state index contributed by atoms with van der Waals surface area (Å²) in [5.74, 6) is 0.0203. The number of hydrogen-bond donors (Lipinski definition) is 2. The number of nitrogens with zero attached hydrogens (tertiary/aromatic N) is 1. The fourth-order valence-corrected chi connectivity index (χ4v) is 3.39. The summed E-state index contributed by atoms with van der Waals surface area (Å²) in [6.07, 6.45) is 5.25. The molecule has 0 spiro atoms. The quantitative estimate of drug-likeness (QED) is 0.860. The van der Waals surface area contributed by atoms with Gasteiger partial charge in [-0.3, -0.25) is 4.79 Å². The van der Waals surface area contributed by atoms with Gasteiger partial charge in [0.05, 0.1) is 0 Å². The van der Waals surface area contributed by atoms with Gasteiger partial charge in [-0.25, -0.2) is 4.79 Å². The van der Waals surface area contributed by atoms with Crippen LogP contribution in [0.2, 0.25) is 0 Å². The molecule has 1 aromatic rings. The first-order valence-corrected chi connectivity index (χ1v) is 7.48. The molecule has 6 heteroatoms. The van der Waals surface area contributed by atoms with Gasteiger partial charge in [0.2, 0.25) is 5.91 Å². The van der Waals surface area contributed by atoms with Crippen LogP contribution in [-0.4, -0.2) is 39.1 Å². The van der Waals surface area contributed by atoms with Gasteiger partial charge in [-0.1, -0.05) is 6.42 Å². The van der Waals surface area contributed by atoms with Gasteiger partial charge >= 0.3 is 5.97 Å². The predicted octanol–water partition coefficient (Wildman–Crippen LogP) is 1.59. The number of rotatable bonds is 5. The zero-order chi connectivity index (χ0) is 13.7. The summed E-state index contributed by atoms with van der Waals surface area (Å²) >= 11 is 1.91. The zero-order valence-corrected chi connectivity index (χ0v) is 11.5. The zero-order valence-electron chi connectivity index (χ0n) is 10.7. The highest BCUT2D eigenvalue weighted by molar-refractivity contribution is 7.99. The Balaban J connectivity index is 1.80. The van der Waals surface area contributed by atoms with Crippen molar-refractivity contribution < 1.29 is 14.7 Å². The van der Waals surface area contributed by atoms with Crippen molar-refractivity contribution in [1.82, 2.24) is 9.88 Å². The molecule has 1 aliphatic rings.